The molecule has 170 valence electrons. The van der Waals surface area contributed by atoms with E-state index in [1.165, 1.54) is 17.7 Å². The second-order valence-corrected chi connectivity index (χ2v) is 10.3. The zero-order valence-electron chi connectivity index (χ0n) is 18.7. The molecule has 2 aliphatic heterocycles. The van der Waals surface area contributed by atoms with Gasteiger partial charge in [-0.05, 0) is 61.4 Å². The lowest BCUT2D eigenvalue weighted by Crippen LogP contribution is -2.34. The number of carbonyl (C=O) groups excluding carboxylic acids is 1. The normalized spacial score (nSPS) is 19.6. The van der Waals surface area contributed by atoms with Crippen molar-refractivity contribution in [1.29, 1.82) is 0 Å². The largest absolute Gasteiger partial charge is 0.371 e. The number of nitrogens with zero attached hydrogens (tertiary/aromatic N) is 3. The van der Waals surface area contributed by atoms with Crippen LogP contribution in [0.25, 0.3) is 16.6 Å². The fourth-order valence-corrected chi connectivity index (χ4v) is 6.68. The molecule has 3 heterocycles. The minimum Gasteiger partial charge on any atom is -0.371 e. The SMILES string of the molecule is O=CCC1CCN(c2ccc3c(c2)-n2c(nc(=O)c4c(Cl)cccc42)C32CCCCC2)CC1. The summed E-state index contributed by atoms with van der Waals surface area (Å²) in [6, 6.07) is 12.5. The third kappa shape index (κ3) is 3.16. The highest BCUT2D eigenvalue weighted by Gasteiger charge is 2.46. The van der Waals surface area contributed by atoms with E-state index in [1.807, 2.05) is 12.1 Å². The molecule has 0 unspecified atom stereocenters. The van der Waals surface area contributed by atoms with Gasteiger partial charge in [-0.3, -0.25) is 9.36 Å². The number of halogens is 1. The van der Waals surface area contributed by atoms with Crippen LogP contribution in [0.4, 0.5) is 5.69 Å². The highest BCUT2D eigenvalue weighted by atomic mass is 35.5. The summed E-state index contributed by atoms with van der Waals surface area (Å²) in [6.07, 6.45) is 9.38. The maximum absolute atomic E-state index is 13.1. The zero-order valence-corrected chi connectivity index (χ0v) is 19.5. The van der Waals surface area contributed by atoms with Gasteiger partial charge >= 0.3 is 0 Å². The third-order valence-corrected chi connectivity index (χ3v) is 8.46. The number of fused-ring (bicyclic) bond motifs is 7. The second kappa shape index (κ2) is 7.98. The van der Waals surface area contributed by atoms with Crippen molar-refractivity contribution in [2.24, 2.45) is 5.92 Å². The molecule has 1 saturated carbocycles. The summed E-state index contributed by atoms with van der Waals surface area (Å²) in [4.78, 5) is 31.1. The molecular formula is C27H28ClN3O2. The van der Waals surface area contributed by atoms with Gasteiger partial charge in [-0.2, -0.15) is 4.98 Å². The van der Waals surface area contributed by atoms with Gasteiger partial charge in [-0.25, -0.2) is 0 Å². The molecule has 5 nitrogen and oxygen atoms in total. The van der Waals surface area contributed by atoms with Crippen LogP contribution in [0.3, 0.4) is 0 Å². The Bertz CT molecular complexity index is 1300. The zero-order chi connectivity index (χ0) is 22.6. The van der Waals surface area contributed by atoms with Crippen LogP contribution in [0.15, 0.2) is 41.2 Å². The van der Waals surface area contributed by atoms with Gasteiger partial charge in [0.05, 0.1) is 27.0 Å². The van der Waals surface area contributed by atoms with Crippen molar-refractivity contribution in [3.05, 3.63) is 63.2 Å². The molecule has 1 aliphatic carbocycles. The molecule has 0 N–H and O–H groups in total. The first kappa shape index (κ1) is 20.9. The number of rotatable bonds is 3. The molecule has 0 atom stereocenters. The minimum atomic E-state index is -0.225. The average Bonchev–Trinajstić information content (AvgIpc) is 3.09. The van der Waals surface area contributed by atoms with E-state index in [-0.39, 0.29) is 11.0 Å². The van der Waals surface area contributed by atoms with Crippen LogP contribution < -0.4 is 10.5 Å². The first-order valence-corrected chi connectivity index (χ1v) is 12.6. The number of hydrogen-bond donors (Lipinski definition) is 0. The molecule has 1 aromatic heterocycles. The van der Waals surface area contributed by atoms with Crippen molar-refractivity contribution < 1.29 is 4.79 Å². The molecule has 3 aromatic rings. The molecule has 33 heavy (non-hydrogen) atoms. The molecule has 1 spiro atoms. The molecule has 0 amide bonds. The van der Waals surface area contributed by atoms with Gasteiger partial charge in [0.15, 0.2) is 0 Å². The van der Waals surface area contributed by atoms with E-state index in [0.717, 1.165) is 74.9 Å². The van der Waals surface area contributed by atoms with Gasteiger partial charge in [-0.1, -0.05) is 43.0 Å². The Kier molecular flexibility index (Phi) is 5.06. The maximum atomic E-state index is 13.1. The predicted octanol–water partition coefficient (Wildman–Crippen LogP) is 5.41. The van der Waals surface area contributed by atoms with Crippen LogP contribution in [0.2, 0.25) is 5.02 Å². The topological polar surface area (TPSA) is 55.2 Å². The number of aromatic nitrogens is 2. The molecule has 0 radical (unpaired) electrons. The Labute approximate surface area is 198 Å². The number of carbonyl (C=O) groups is 1. The van der Waals surface area contributed by atoms with E-state index < -0.39 is 0 Å². The molecule has 0 bridgehead atoms. The van der Waals surface area contributed by atoms with Crippen LogP contribution in [-0.2, 0) is 10.2 Å². The van der Waals surface area contributed by atoms with Crippen molar-refractivity contribution in [1.82, 2.24) is 9.55 Å². The van der Waals surface area contributed by atoms with Crippen molar-refractivity contribution in [3.8, 4) is 5.69 Å². The van der Waals surface area contributed by atoms with Gasteiger partial charge in [0.1, 0.15) is 12.1 Å². The van der Waals surface area contributed by atoms with Crippen molar-refractivity contribution in [2.45, 2.75) is 56.8 Å². The van der Waals surface area contributed by atoms with Crippen LogP contribution in [-0.4, -0.2) is 28.9 Å². The Hall–Kier alpha value is -2.66. The lowest BCUT2D eigenvalue weighted by atomic mass is 9.70. The molecule has 2 aromatic carbocycles. The molecule has 2 fully saturated rings. The number of benzene rings is 2. The lowest BCUT2D eigenvalue weighted by Gasteiger charge is -2.35. The van der Waals surface area contributed by atoms with Gasteiger partial charge in [0, 0.05) is 25.2 Å². The first-order chi connectivity index (χ1) is 16.1. The molecule has 6 rings (SSSR count). The number of hydrogen-bond acceptors (Lipinski definition) is 4. The van der Waals surface area contributed by atoms with E-state index in [9.17, 15) is 9.59 Å². The average molecular weight is 462 g/mol. The summed E-state index contributed by atoms with van der Waals surface area (Å²) in [5, 5.41) is 0.960. The standard InChI is InChI=1S/C27H28ClN3O2/c28-21-5-4-6-22-24(21)25(33)29-26-27(12-2-1-3-13-27)20-8-7-19(17-23(20)31(22)26)30-14-9-18(10-15-30)11-16-32/h4-8,16-18H,1-3,9-15H2. The molecule has 6 heteroatoms. The van der Waals surface area contributed by atoms with Gasteiger partial charge < -0.3 is 9.69 Å². The quantitative estimate of drug-likeness (QED) is 0.489. The van der Waals surface area contributed by atoms with Crippen LogP contribution in [0, 0.1) is 5.92 Å². The summed E-state index contributed by atoms with van der Waals surface area (Å²) in [6.45, 7) is 1.93. The summed E-state index contributed by atoms with van der Waals surface area (Å²) in [5.74, 6) is 1.39. The first-order valence-electron chi connectivity index (χ1n) is 12.2. The van der Waals surface area contributed by atoms with E-state index in [0.29, 0.717) is 22.7 Å². The summed E-state index contributed by atoms with van der Waals surface area (Å²) < 4.78 is 2.21. The Morgan fingerprint density at radius 3 is 2.64 bits per heavy atom. The van der Waals surface area contributed by atoms with Crippen molar-refractivity contribution in [3.63, 3.8) is 0 Å². The summed E-state index contributed by atoms with van der Waals surface area (Å²) >= 11 is 6.47. The van der Waals surface area contributed by atoms with Crippen molar-refractivity contribution in [2.75, 3.05) is 18.0 Å². The lowest BCUT2D eigenvalue weighted by molar-refractivity contribution is -0.108. The van der Waals surface area contributed by atoms with Gasteiger partial charge in [0.2, 0.25) is 0 Å². The third-order valence-electron chi connectivity index (χ3n) is 8.15. The van der Waals surface area contributed by atoms with E-state index in [4.69, 9.17) is 11.6 Å². The Morgan fingerprint density at radius 1 is 1.09 bits per heavy atom. The molecule has 1 saturated heterocycles. The van der Waals surface area contributed by atoms with Gasteiger partial charge in [0.25, 0.3) is 5.56 Å². The van der Waals surface area contributed by atoms with Crippen molar-refractivity contribution >= 4 is 34.5 Å². The molecule has 3 aliphatic rings. The van der Waals surface area contributed by atoms with Crippen LogP contribution in [0.1, 0.15) is 62.8 Å². The van der Waals surface area contributed by atoms with Crippen LogP contribution in [0.5, 0.6) is 0 Å². The Balaban J connectivity index is 1.52. The smallest absolute Gasteiger partial charge is 0.282 e. The number of piperidine rings is 1. The van der Waals surface area contributed by atoms with Crippen LogP contribution >= 0.6 is 11.6 Å². The highest BCUT2D eigenvalue weighted by Crippen LogP contribution is 2.52. The second-order valence-electron chi connectivity index (χ2n) is 9.89. The fraction of sp³-hybridized carbons (Fsp3) is 0.444. The highest BCUT2D eigenvalue weighted by molar-refractivity contribution is 6.35. The number of anilines is 1. The van der Waals surface area contributed by atoms with E-state index >= 15 is 0 Å². The fourth-order valence-electron chi connectivity index (χ4n) is 6.43. The van der Waals surface area contributed by atoms with E-state index in [2.05, 4.69) is 32.7 Å². The maximum Gasteiger partial charge on any atom is 0.282 e. The summed E-state index contributed by atoms with van der Waals surface area (Å²) in [7, 11) is 0. The molecular weight excluding hydrogens is 434 g/mol. The number of aldehydes is 1. The predicted molar refractivity (Wildman–Crippen MR) is 132 cm³/mol. The minimum absolute atomic E-state index is 0.196. The van der Waals surface area contributed by atoms with Gasteiger partial charge in [-0.15, -0.1) is 0 Å². The summed E-state index contributed by atoms with van der Waals surface area (Å²) in [5.41, 5.74) is 4.06. The monoisotopic (exact) mass is 461 g/mol. The van der Waals surface area contributed by atoms with E-state index in [1.54, 1.807) is 6.07 Å². The Morgan fingerprint density at radius 2 is 1.88 bits per heavy atom.